The first-order valence-corrected chi connectivity index (χ1v) is 9.74. The van der Waals surface area contributed by atoms with Crippen LogP contribution in [0, 0.1) is 0 Å². The summed E-state index contributed by atoms with van der Waals surface area (Å²) >= 11 is 0. The molecule has 1 aliphatic heterocycles. The lowest BCUT2D eigenvalue weighted by molar-refractivity contribution is -0.263. The summed E-state index contributed by atoms with van der Waals surface area (Å²) in [5.41, 5.74) is -1.03. The van der Waals surface area contributed by atoms with Crippen molar-refractivity contribution >= 4 is 11.7 Å². The fourth-order valence-electron chi connectivity index (χ4n) is 2.80. The van der Waals surface area contributed by atoms with Gasteiger partial charge < -0.3 is 19.7 Å². The number of ether oxygens (including phenoxy) is 2. The molecule has 8 nitrogen and oxygen atoms in total. The van der Waals surface area contributed by atoms with Gasteiger partial charge in [0.25, 0.3) is 0 Å². The van der Waals surface area contributed by atoms with Crippen molar-refractivity contribution in [2.45, 2.75) is 50.8 Å². The van der Waals surface area contributed by atoms with Gasteiger partial charge >= 0.3 is 18.4 Å². The van der Waals surface area contributed by atoms with Crippen molar-refractivity contribution in [3.63, 3.8) is 0 Å². The van der Waals surface area contributed by atoms with Gasteiger partial charge in [-0.25, -0.2) is 14.3 Å². The topological polar surface area (TPSA) is 81.0 Å². The Hall–Kier alpha value is -2.61. The molecule has 14 heteroatoms. The molecule has 1 atom stereocenters. The van der Waals surface area contributed by atoms with E-state index in [0.29, 0.717) is 16.9 Å². The second kappa shape index (κ2) is 10.1. The molecular formula is C19H25F6N5O3. The molecule has 2 amide bonds. The molecule has 0 radical (unpaired) electrons. The first-order valence-electron chi connectivity index (χ1n) is 9.74. The lowest BCUT2D eigenvalue weighted by Crippen LogP contribution is -2.42. The zero-order valence-electron chi connectivity index (χ0n) is 18.4. The Morgan fingerprint density at radius 3 is 2.36 bits per heavy atom. The van der Waals surface area contributed by atoms with Crippen molar-refractivity contribution in [1.29, 1.82) is 0 Å². The fraction of sp³-hybridized carbons (Fsp3) is 0.632. The summed E-state index contributed by atoms with van der Waals surface area (Å²) in [5, 5.41) is 5.96. The number of carbonyl (C=O) groups excluding carboxylic acids is 1. The lowest BCUT2D eigenvalue weighted by Gasteiger charge is -2.27. The summed E-state index contributed by atoms with van der Waals surface area (Å²) in [5.74, 6) is 0. The molecule has 186 valence electrons. The maximum absolute atomic E-state index is 12.8. The molecule has 1 saturated heterocycles. The molecule has 2 aromatic rings. The van der Waals surface area contributed by atoms with Crippen LogP contribution in [0.4, 0.5) is 31.1 Å². The highest BCUT2D eigenvalue weighted by Gasteiger charge is 2.48. The first kappa shape index (κ1) is 26.6. The molecule has 1 aliphatic rings. The van der Waals surface area contributed by atoms with Gasteiger partial charge in [0.05, 0.1) is 31.2 Å². The smallest absolute Gasteiger partial charge is 0.388 e. The van der Waals surface area contributed by atoms with Crippen molar-refractivity contribution < 1.29 is 40.6 Å². The zero-order chi connectivity index (χ0) is 25.0. The second-order valence-electron chi connectivity index (χ2n) is 7.84. The molecule has 0 aromatic carbocycles. The second-order valence-corrected chi connectivity index (χ2v) is 7.84. The van der Waals surface area contributed by atoms with Crippen LogP contribution < -0.4 is 5.32 Å². The number of amides is 2. The minimum absolute atomic E-state index is 0.0903. The van der Waals surface area contributed by atoms with E-state index < -0.39 is 36.6 Å². The SMILES string of the molecule is CC(C)(OCCc1cn2ncc(CN3CC(C(F)(F)F)NC3=O)cc2n1)C(F)(F)F.COC. The minimum atomic E-state index is -4.53. The van der Waals surface area contributed by atoms with E-state index >= 15 is 0 Å². The number of imidazole rings is 1. The van der Waals surface area contributed by atoms with Crippen LogP contribution in [0.25, 0.3) is 5.65 Å². The number of nitrogens with one attached hydrogen (secondary N) is 1. The molecule has 1 fully saturated rings. The Morgan fingerprint density at radius 2 is 1.82 bits per heavy atom. The molecule has 0 aliphatic carbocycles. The molecule has 0 spiro atoms. The third kappa shape index (κ3) is 6.93. The number of carbonyl (C=O) groups is 1. The van der Waals surface area contributed by atoms with Gasteiger partial charge in [0.1, 0.15) is 6.04 Å². The largest absolute Gasteiger partial charge is 0.416 e. The van der Waals surface area contributed by atoms with Gasteiger partial charge in [0, 0.05) is 27.2 Å². The molecule has 0 bridgehead atoms. The molecular weight excluding hydrogens is 460 g/mol. The number of hydrogen-bond acceptors (Lipinski definition) is 5. The number of alkyl halides is 6. The molecule has 1 N–H and O–H groups in total. The summed E-state index contributed by atoms with van der Waals surface area (Å²) in [4.78, 5) is 17.0. The van der Waals surface area contributed by atoms with Crippen molar-refractivity contribution in [2.75, 3.05) is 27.4 Å². The summed E-state index contributed by atoms with van der Waals surface area (Å²) < 4.78 is 87.2. The van der Waals surface area contributed by atoms with E-state index in [1.165, 1.54) is 16.9 Å². The summed E-state index contributed by atoms with van der Waals surface area (Å²) in [6.07, 6.45) is -6.02. The standard InChI is InChI=1S/C17H19F6N5O2.C2H6O/c1-15(2,17(21,22)23)30-4-3-11-8-28-13(25-11)5-10(6-24-28)7-27-9-12(16(18,19)20)26-14(27)29;1-3-2/h5-6,8,12H,3-4,7,9H2,1-2H3,(H,26,29);1-2H3. The van der Waals surface area contributed by atoms with Crippen molar-refractivity contribution in [2.24, 2.45) is 0 Å². The Labute approximate surface area is 185 Å². The summed E-state index contributed by atoms with van der Waals surface area (Å²) in [6, 6.07) is -1.21. The van der Waals surface area contributed by atoms with Crippen molar-refractivity contribution in [3.05, 3.63) is 29.7 Å². The Morgan fingerprint density at radius 1 is 1.18 bits per heavy atom. The number of rotatable bonds is 6. The van der Waals surface area contributed by atoms with E-state index in [9.17, 15) is 31.1 Å². The van der Waals surface area contributed by atoms with E-state index in [4.69, 9.17) is 4.74 Å². The number of aromatic nitrogens is 3. The predicted molar refractivity (Wildman–Crippen MR) is 104 cm³/mol. The third-order valence-electron chi connectivity index (χ3n) is 4.69. The molecule has 3 heterocycles. The predicted octanol–water partition coefficient (Wildman–Crippen LogP) is 3.35. The fourth-order valence-corrected chi connectivity index (χ4v) is 2.80. The van der Waals surface area contributed by atoms with Gasteiger partial charge in [0.15, 0.2) is 11.2 Å². The van der Waals surface area contributed by atoms with Crippen LogP contribution in [0.5, 0.6) is 0 Å². The lowest BCUT2D eigenvalue weighted by atomic mass is 10.1. The van der Waals surface area contributed by atoms with Gasteiger partial charge in [-0.05, 0) is 25.5 Å². The van der Waals surface area contributed by atoms with Crippen LogP contribution in [0.1, 0.15) is 25.1 Å². The highest BCUT2D eigenvalue weighted by molar-refractivity contribution is 5.77. The number of fused-ring (bicyclic) bond motifs is 1. The average Bonchev–Trinajstić information content (AvgIpc) is 3.24. The van der Waals surface area contributed by atoms with E-state index in [0.717, 1.165) is 18.7 Å². The number of methoxy groups -OCH3 is 1. The van der Waals surface area contributed by atoms with Crippen LogP contribution in [0.3, 0.4) is 0 Å². The number of hydrogen-bond donors (Lipinski definition) is 1. The highest BCUT2D eigenvalue weighted by atomic mass is 19.4. The van der Waals surface area contributed by atoms with Crippen LogP contribution in [-0.4, -0.2) is 76.9 Å². The van der Waals surface area contributed by atoms with Crippen LogP contribution >= 0.6 is 0 Å². The Kier molecular flexibility index (Phi) is 8.17. The van der Waals surface area contributed by atoms with Crippen LogP contribution in [0.15, 0.2) is 18.5 Å². The van der Waals surface area contributed by atoms with E-state index in [1.807, 2.05) is 5.32 Å². The van der Waals surface area contributed by atoms with Crippen LogP contribution in [-0.2, 0) is 22.4 Å². The normalized spacial score (nSPS) is 17.2. The number of urea groups is 1. The quantitative estimate of drug-likeness (QED) is 0.635. The van der Waals surface area contributed by atoms with Gasteiger partial charge in [-0.2, -0.15) is 31.4 Å². The molecule has 1 unspecified atom stereocenters. The zero-order valence-corrected chi connectivity index (χ0v) is 18.4. The average molecular weight is 485 g/mol. The minimum Gasteiger partial charge on any atom is -0.388 e. The van der Waals surface area contributed by atoms with Crippen molar-refractivity contribution in [1.82, 2.24) is 24.8 Å². The van der Waals surface area contributed by atoms with E-state index in [-0.39, 0.29) is 19.6 Å². The molecule has 33 heavy (non-hydrogen) atoms. The maximum atomic E-state index is 12.8. The third-order valence-corrected chi connectivity index (χ3v) is 4.69. The van der Waals surface area contributed by atoms with Gasteiger partial charge in [-0.15, -0.1) is 0 Å². The highest BCUT2D eigenvalue weighted by Crippen LogP contribution is 2.32. The monoisotopic (exact) mass is 485 g/mol. The van der Waals surface area contributed by atoms with E-state index in [1.54, 1.807) is 20.3 Å². The van der Waals surface area contributed by atoms with E-state index in [2.05, 4.69) is 14.8 Å². The van der Waals surface area contributed by atoms with Crippen molar-refractivity contribution in [3.8, 4) is 0 Å². The maximum Gasteiger partial charge on any atom is 0.416 e. The van der Waals surface area contributed by atoms with Crippen LogP contribution in [0.2, 0.25) is 0 Å². The molecule has 0 saturated carbocycles. The van der Waals surface area contributed by atoms with Gasteiger partial charge in [-0.3, -0.25) is 0 Å². The Balaban J connectivity index is 0.00000122. The van der Waals surface area contributed by atoms with Gasteiger partial charge in [-0.1, -0.05) is 0 Å². The Bertz CT molecular complexity index is 944. The summed E-state index contributed by atoms with van der Waals surface area (Å²) in [7, 11) is 3.25. The molecule has 3 rings (SSSR count). The van der Waals surface area contributed by atoms with Gasteiger partial charge in [0.2, 0.25) is 0 Å². The summed E-state index contributed by atoms with van der Waals surface area (Å²) in [6.45, 7) is 1.05. The first-order chi connectivity index (χ1) is 15.2. The number of halogens is 6. The molecule has 2 aromatic heterocycles. The number of nitrogens with zero attached hydrogens (tertiary/aromatic N) is 4.